The maximum absolute atomic E-state index is 11.1. The van der Waals surface area contributed by atoms with Crippen molar-refractivity contribution in [3.8, 4) is 11.5 Å². The van der Waals surface area contributed by atoms with Crippen molar-refractivity contribution >= 4 is 28.3 Å². The van der Waals surface area contributed by atoms with E-state index in [9.17, 15) is 4.79 Å². The monoisotopic (exact) mass is 309 g/mol. The van der Waals surface area contributed by atoms with Crippen molar-refractivity contribution in [3.63, 3.8) is 0 Å². The number of rotatable bonds is 6. The highest BCUT2D eigenvalue weighted by atomic mass is 35.5. The van der Waals surface area contributed by atoms with E-state index in [4.69, 9.17) is 25.9 Å². The van der Waals surface area contributed by atoms with Crippen LogP contribution in [0.4, 0.5) is 0 Å². The molecule has 0 bridgehead atoms. The maximum Gasteiger partial charge on any atom is 0.258 e. The van der Waals surface area contributed by atoms with E-state index in [-0.39, 0.29) is 12.5 Å². The van der Waals surface area contributed by atoms with Crippen LogP contribution in [0.1, 0.15) is 5.56 Å². The number of hydroxylamine groups is 1. The number of alkyl halides is 1. The largest absolute Gasteiger partial charge is 0.497 e. The average Bonchev–Trinajstić information content (AvgIpc) is 2.54. The molecule has 0 heterocycles. The Morgan fingerprint density at radius 1 is 1.19 bits per heavy atom. The zero-order chi connectivity index (χ0) is 15.2. The molecule has 6 heteroatoms. The van der Waals surface area contributed by atoms with E-state index in [1.807, 2.05) is 30.3 Å². The molecule has 2 aromatic rings. The quantitative estimate of drug-likeness (QED) is 0.658. The van der Waals surface area contributed by atoms with E-state index in [2.05, 4.69) is 5.48 Å². The van der Waals surface area contributed by atoms with Crippen molar-refractivity contribution in [1.82, 2.24) is 5.48 Å². The van der Waals surface area contributed by atoms with Crippen LogP contribution in [0.2, 0.25) is 0 Å². The average molecular weight is 310 g/mol. The van der Waals surface area contributed by atoms with Crippen LogP contribution < -0.4 is 15.0 Å². The Labute approximate surface area is 127 Å². The van der Waals surface area contributed by atoms with Crippen LogP contribution in [-0.4, -0.2) is 26.0 Å². The highest BCUT2D eigenvalue weighted by Crippen LogP contribution is 2.31. The molecule has 0 atom stereocenters. The van der Waals surface area contributed by atoms with Gasteiger partial charge in [-0.2, -0.15) is 0 Å². The molecule has 5 nitrogen and oxygen atoms in total. The van der Waals surface area contributed by atoms with Gasteiger partial charge in [0.2, 0.25) is 0 Å². The first-order chi connectivity index (χ1) is 10.2. The Morgan fingerprint density at radius 3 is 2.62 bits per heavy atom. The predicted molar refractivity (Wildman–Crippen MR) is 80.7 cm³/mol. The number of carbonyl (C=O) groups excluding carboxylic acids is 1. The number of hydrogen-bond donors (Lipinski definition) is 1. The summed E-state index contributed by atoms with van der Waals surface area (Å²) in [5.41, 5.74) is 3.09. The Balaban J connectivity index is 2.35. The molecule has 0 aromatic heterocycles. The molecule has 0 fully saturated rings. The predicted octanol–water partition coefficient (Wildman–Crippen LogP) is 2.64. The first kappa shape index (κ1) is 15.4. The van der Waals surface area contributed by atoms with Gasteiger partial charge in [-0.05, 0) is 29.0 Å². The van der Waals surface area contributed by atoms with Gasteiger partial charge in [-0.25, -0.2) is 5.48 Å². The van der Waals surface area contributed by atoms with Gasteiger partial charge in [-0.1, -0.05) is 12.1 Å². The molecule has 0 aliphatic rings. The second kappa shape index (κ2) is 7.15. The third-order valence-corrected chi connectivity index (χ3v) is 3.28. The molecule has 0 aliphatic heterocycles. The van der Waals surface area contributed by atoms with E-state index in [1.54, 1.807) is 14.2 Å². The molecule has 0 radical (unpaired) electrons. The molecule has 0 saturated heterocycles. The van der Waals surface area contributed by atoms with E-state index in [0.29, 0.717) is 5.75 Å². The van der Waals surface area contributed by atoms with Gasteiger partial charge >= 0.3 is 0 Å². The van der Waals surface area contributed by atoms with Gasteiger partial charge in [0, 0.05) is 5.56 Å². The minimum absolute atomic E-state index is 0.152. The number of methoxy groups -OCH3 is 2. The maximum atomic E-state index is 11.1. The summed E-state index contributed by atoms with van der Waals surface area (Å²) in [6.07, 6.45) is 0. The summed E-state index contributed by atoms with van der Waals surface area (Å²) in [4.78, 5) is 16.3. The van der Waals surface area contributed by atoms with Crippen molar-refractivity contribution < 1.29 is 19.1 Å². The van der Waals surface area contributed by atoms with Crippen LogP contribution in [0, 0.1) is 0 Å². The highest BCUT2D eigenvalue weighted by Gasteiger charge is 2.10. The Kier molecular flexibility index (Phi) is 5.25. The Bertz CT molecular complexity index is 640. The second-order valence-corrected chi connectivity index (χ2v) is 4.55. The van der Waals surface area contributed by atoms with Gasteiger partial charge in [0.1, 0.15) is 24.0 Å². The number of benzene rings is 2. The Morgan fingerprint density at radius 2 is 1.95 bits per heavy atom. The lowest BCUT2D eigenvalue weighted by atomic mass is 10.0. The molecule has 0 saturated carbocycles. The first-order valence-electron chi connectivity index (χ1n) is 6.29. The molecule has 0 unspecified atom stereocenters. The van der Waals surface area contributed by atoms with Crippen molar-refractivity contribution in [2.45, 2.75) is 6.61 Å². The SMILES string of the molecule is COc1ccc2ccc(OC)c(CONC(=O)CCl)c2c1. The molecule has 0 spiro atoms. The lowest BCUT2D eigenvalue weighted by Crippen LogP contribution is -2.24. The third-order valence-electron chi connectivity index (χ3n) is 3.04. The lowest BCUT2D eigenvalue weighted by Gasteiger charge is -2.13. The molecule has 2 rings (SSSR count). The fourth-order valence-electron chi connectivity index (χ4n) is 2.02. The second-order valence-electron chi connectivity index (χ2n) is 4.28. The Hall–Kier alpha value is -1.98. The summed E-state index contributed by atoms with van der Waals surface area (Å²) in [5, 5.41) is 1.97. The van der Waals surface area contributed by atoms with Gasteiger partial charge in [0.25, 0.3) is 5.91 Å². The number of fused-ring (bicyclic) bond motifs is 1. The lowest BCUT2D eigenvalue weighted by molar-refractivity contribution is -0.131. The smallest absolute Gasteiger partial charge is 0.258 e. The first-order valence-corrected chi connectivity index (χ1v) is 6.83. The number of amides is 1. The molecule has 21 heavy (non-hydrogen) atoms. The fourth-order valence-corrected chi connectivity index (χ4v) is 2.08. The number of carbonyl (C=O) groups is 1. The summed E-state index contributed by atoms with van der Waals surface area (Å²) in [6.45, 7) is 0.163. The standard InChI is InChI=1S/C15H16ClNO4/c1-19-11-5-3-10-4-6-14(20-2)13(12(10)7-11)9-21-17-15(18)8-16/h3-7H,8-9H2,1-2H3,(H,17,18). The van der Waals surface area contributed by atoms with Crippen molar-refractivity contribution in [2.24, 2.45) is 0 Å². The molecule has 2 aromatic carbocycles. The topological polar surface area (TPSA) is 56.8 Å². The number of hydrogen-bond acceptors (Lipinski definition) is 4. The van der Waals surface area contributed by atoms with Crippen LogP contribution in [0.15, 0.2) is 30.3 Å². The summed E-state index contributed by atoms with van der Waals surface area (Å²) in [5.74, 6) is 0.867. The van der Waals surface area contributed by atoms with Crippen molar-refractivity contribution in [3.05, 3.63) is 35.9 Å². The molecular formula is C15H16ClNO4. The van der Waals surface area contributed by atoms with E-state index >= 15 is 0 Å². The van der Waals surface area contributed by atoms with E-state index < -0.39 is 5.91 Å². The zero-order valence-electron chi connectivity index (χ0n) is 11.8. The summed E-state index contributed by atoms with van der Waals surface area (Å²) in [7, 11) is 3.19. The van der Waals surface area contributed by atoms with Crippen LogP contribution in [-0.2, 0) is 16.2 Å². The van der Waals surface area contributed by atoms with Gasteiger partial charge in [0.05, 0.1) is 14.2 Å². The third kappa shape index (κ3) is 3.56. The number of nitrogens with one attached hydrogen (secondary N) is 1. The molecule has 1 N–H and O–H groups in total. The van der Waals surface area contributed by atoms with Gasteiger partial charge in [-0.3, -0.25) is 9.63 Å². The highest BCUT2D eigenvalue weighted by molar-refractivity contribution is 6.27. The van der Waals surface area contributed by atoms with Crippen LogP contribution >= 0.6 is 11.6 Å². The summed E-state index contributed by atoms with van der Waals surface area (Å²) >= 11 is 5.39. The van der Waals surface area contributed by atoms with Gasteiger partial charge in [-0.15, -0.1) is 11.6 Å². The number of halogens is 1. The molecule has 112 valence electrons. The normalized spacial score (nSPS) is 10.4. The zero-order valence-corrected chi connectivity index (χ0v) is 12.6. The van der Waals surface area contributed by atoms with E-state index in [1.165, 1.54) is 0 Å². The van der Waals surface area contributed by atoms with Crippen molar-refractivity contribution in [2.75, 3.05) is 20.1 Å². The van der Waals surface area contributed by atoms with Crippen molar-refractivity contribution in [1.29, 1.82) is 0 Å². The van der Waals surface area contributed by atoms with E-state index in [0.717, 1.165) is 22.1 Å². The van der Waals surface area contributed by atoms with Crippen LogP contribution in [0.5, 0.6) is 11.5 Å². The molecule has 0 aliphatic carbocycles. The fraction of sp³-hybridized carbons (Fsp3) is 0.267. The summed E-state index contributed by atoms with van der Waals surface area (Å²) in [6, 6.07) is 9.55. The van der Waals surface area contributed by atoms with Gasteiger partial charge in [0.15, 0.2) is 0 Å². The summed E-state index contributed by atoms with van der Waals surface area (Å²) < 4.78 is 10.6. The minimum atomic E-state index is -0.395. The van der Waals surface area contributed by atoms with Crippen LogP contribution in [0.25, 0.3) is 10.8 Å². The molecular weight excluding hydrogens is 294 g/mol. The minimum Gasteiger partial charge on any atom is -0.497 e. The van der Waals surface area contributed by atoms with Gasteiger partial charge < -0.3 is 9.47 Å². The van der Waals surface area contributed by atoms with Crippen LogP contribution in [0.3, 0.4) is 0 Å². The molecule has 1 amide bonds. The number of ether oxygens (including phenoxy) is 2.